The predicted molar refractivity (Wildman–Crippen MR) is 89.3 cm³/mol. The van der Waals surface area contributed by atoms with E-state index in [1.807, 2.05) is 0 Å². The molecule has 2 rings (SSSR count). The smallest absolute Gasteiger partial charge is 0.252 e. The van der Waals surface area contributed by atoms with Gasteiger partial charge < -0.3 is 10.6 Å². The Bertz CT molecular complexity index is 619. The molecule has 1 aromatic carbocycles. The van der Waals surface area contributed by atoms with E-state index in [9.17, 15) is 13.2 Å². The molecular weight excluding hydrogens is 324 g/mol. The molecule has 0 saturated carbocycles. The highest BCUT2D eigenvalue weighted by atomic mass is 35.5. The standard InChI is InChI=1S/C15H22N2O3S.ClH/c1-3-21(19,20)14-7-5-4-6-12(14)15(18)17-13-8-9-16-10-11(13)2;/h4-7,11,13,16H,3,8-10H2,1-2H3,(H,17,18);1H. The number of hydrogen-bond donors (Lipinski definition) is 2. The molecule has 1 fully saturated rings. The van der Waals surface area contributed by atoms with E-state index in [4.69, 9.17) is 0 Å². The van der Waals surface area contributed by atoms with Crippen LogP contribution in [-0.4, -0.2) is 39.2 Å². The normalized spacial score (nSPS) is 21.7. The number of piperidine rings is 1. The number of nitrogens with one attached hydrogen (secondary N) is 2. The summed E-state index contributed by atoms with van der Waals surface area (Å²) < 4.78 is 24.2. The average molecular weight is 347 g/mol. The zero-order valence-corrected chi connectivity index (χ0v) is 14.5. The van der Waals surface area contributed by atoms with Crippen LogP contribution < -0.4 is 10.6 Å². The van der Waals surface area contributed by atoms with Crippen LogP contribution in [0.2, 0.25) is 0 Å². The first kappa shape index (κ1) is 18.9. The Kier molecular flexibility index (Phi) is 6.84. The van der Waals surface area contributed by atoms with E-state index in [1.54, 1.807) is 25.1 Å². The van der Waals surface area contributed by atoms with E-state index in [1.165, 1.54) is 6.07 Å². The number of benzene rings is 1. The number of rotatable bonds is 4. The predicted octanol–water partition coefficient (Wildman–Crippen LogP) is 1.63. The van der Waals surface area contributed by atoms with Crippen molar-refractivity contribution in [2.24, 2.45) is 5.92 Å². The van der Waals surface area contributed by atoms with Crippen LogP contribution in [0.5, 0.6) is 0 Å². The van der Waals surface area contributed by atoms with Crippen LogP contribution in [0, 0.1) is 5.92 Å². The Labute approximate surface area is 138 Å². The van der Waals surface area contributed by atoms with Crippen molar-refractivity contribution in [2.75, 3.05) is 18.8 Å². The zero-order valence-electron chi connectivity index (χ0n) is 12.8. The van der Waals surface area contributed by atoms with Crippen molar-refractivity contribution in [3.8, 4) is 0 Å². The van der Waals surface area contributed by atoms with Gasteiger partial charge in [-0.3, -0.25) is 4.79 Å². The molecule has 1 aliphatic rings. The van der Waals surface area contributed by atoms with E-state index in [0.29, 0.717) is 5.92 Å². The van der Waals surface area contributed by atoms with Crippen molar-refractivity contribution >= 4 is 28.2 Å². The minimum absolute atomic E-state index is 0. The minimum Gasteiger partial charge on any atom is -0.349 e. The van der Waals surface area contributed by atoms with Crippen LogP contribution in [0.1, 0.15) is 30.6 Å². The summed E-state index contributed by atoms with van der Waals surface area (Å²) >= 11 is 0. The van der Waals surface area contributed by atoms with E-state index in [-0.39, 0.29) is 40.6 Å². The summed E-state index contributed by atoms with van der Waals surface area (Å²) in [4.78, 5) is 12.6. The highest BCUT2D eigenvalue weighted by Crippen LogP contribution is 2.18. The fraction of sp³-hybridized carbons (Fsp3) is 0.533. The first-order valence-electron chi connectivity index (χ1n) is 7.29. The molecule has 2 atom stereocenters. The van der Waals surface area contributed by atoms with Gasteiger partial charge in [-0.05, 0) is 37.6 Å². The Balaban J connectivity index is 0.00000242. The summed E-state index contributed by atoms with van der Waals surface area (Å²) in [5.74, 6) is 0.0140. The van der Waals surface area contributed by atoms with Crippen molar-refractivity contribution in [1.82, 2.24) is 10.6 Å². The molecule has 124 valence electrons. The fourth-order valence-electron chi connectivity index (χ4n) is 2.56. The molecule has 2 N–H and O–H groups in total. The van der Waals surface area contributed by atoms with Crippen molar-refractivity contribution in [2.45, 2.75) is 31.2 Å². The van der Waals surface area contributed by atoms with Crippen molar-refractivity contribution in [3.63, 3.8) is 0 Å². The van der Waals surface area contributed by atoms with E-state index < -0.39 is 9.84 Å². The SMILES string of the molecule is CCS(=O)(=O)c1ccccc1C(=O)NC1CCNCC1C.Cl. The second-order valence-corrected chi connectivity index (χ2v) is 7.70. The van der Waals surface area contributed by atoms with Crippen LogP contribution in [0.3, 0.4) is 0 Å². The fourth-order valence-corrected chi connectivity index (χ4v) is 3.65. The molecule has 2 unspecified atom stereocenters. The van der Waals surface area contributed by atoms with E-state index in [2.05, 4.69) is 17.6 Å². The molecule has 1 amide bonds. The zero-order chi connectivity index (χ0) is 15.5. The highest BCUT2D eigenvalue weighted by molar-refractivity contribution is 7.91. The first-order chi connectivity index (χ1) is 9.95. The third-order valence-corrected chi connectivity index (χ3v) is 5.73. The number of halogens is 1. The molecule has 5 nitrogen and oxygen atoms in total. The van der Waals surface area contributed by atoms with Gasteiger partial charge in [-0.2, -0.15) is 0 Å². The lowest BCUT2D eigenvalue weighted by atomic mass is 9.95. The summed E-state index contributed by atoms with van der Waals surface area (Å²) in [7, 11) is -3.40. The van der Waals surface area contributed by atoms with Crippen LogP contribution in [-0.2, 0) is 9.84 Å². The summed E-state index contributed by atoms with van der Waals surface area (Å²) in [6.45, 7) is 5.38. The van der Waals surface area contributed by atoms with E-state index >= 15 is 0 Å². The Hall–Kier alpha value is -1.11. The minimum atomic E-state index is -3.40. The van der Waals surface area contributed by atoms with Crippen LogP contribution in [0.4, 0.5) is 0 Å². The largest absolute Gasteiger partial charge is 0.349 e. The van der Waals surface area contributed by atoms with E-state index in [0.717, 1.165) is 19.5 Å². The van der Waals surface area contributed by atoms with Crippen LogP contribution in [0.25, 0.3) is 0 Å². The van der Waals surface area contributed by atoms with Gasteiger partial charge in [-0.15, -0.1) is 12.4 Å². The molecular formula is C15H23ClN2O3S. The first-order valence-corrected chi connectivity index (χ1v) is 8.94. The van der Waals surface area contributed by atoms with Gasteiger partial charge in [-0.1, -0.05) is 26.0 Å². The van der Waals surface area contributed by atoms with Crippen LogP contribution in [0.15, 0.2) is 29.2 Å². The molecule has 22 heavy (non-hydrogen) atoms. The van der Waals surface area contributed by atoms with Crippen molar-refractivity contribution < 1.29 is 13.2 Å². The second kappa shape index (κ2) is 7.94. The second-order valence-electron chi connectivity index (χ2n) is 5.45. The number of carbonyl (C=O) groups excluding carboxylic acids is 1. The Morgan fingerprint density at radius 2 is 2.05 bits per heavy atom. The molecule has 0 aliphatic carbocycles. The summed E-state index contributed by atoms with van der Waals surface area (Å²) in [5.41, 5.74) is 0.241. The number of amides is 1. The topological polar surface area (TPSA) is 75.3 Å². The molecule has 1 saturated heterocycles. The van der Waals surface area contributed by atoms with Gasteiger partial charge in [0, 0.05) is 6.04 Å². The average Bonchev–Trinajstić information content (AvgIpc) is 2.49. The maximum absolute atomic E-state index is 12.4. The number of sulfone groups is 1. The Morgan fingerprint density at radius 1 is 1.36 bits per heavy atom. The third kappa shape index (κ3) is 4.21. The summed E-state index contributed by atoms with van der Waals surface area (Å²) in [5, 5.41) is 6.25. The molecule has 1 aliphatic heterocycles. The van der Waals surface area contributed by atoms with Gasteiger partial charge in [0.1, 0.15) is 0 Å². The van der Waals surface area contributed by atoms with Gasteiger partial charge in [0.25, 0.3) is 5.91 Å². The number of hydrogen-bond acceptors (Lipinski definition) is 4. The Morgan fingerprint density at radius 3 is 2.68 bits per heavy atom. The lowest BCUT2D eigenvalue weighted by Gasteiger charge is -2.30. The van der Waals surface area contributed by atoms with Gasteiger partial charge >= 0.3 is 0 Å². The lowest BCUT2D eigenvalue weighted by molar-refractivity contribution is 0.0911. The van der Waals surface area contributed by atoms with Crippen molar-refractivity contribution in [3.05, 3.63) is 29.8 Å². The molecule has 0 spiro atoms. The quantitative estimate of drug-likeness (QED) is 0.869. The summed E-state index contributed by atoms with van der Waals surface area (Å²) in [6, 6.07) is 6.49. The van der Waals surface area contributed by atoms with Crippen molar-refractivity contribution in [1.29, 1.82) is 0 Å². The van der Waals surface area contributed by atoms with Gasteiger partial charge in [0.2, 0.25) is 0 Å². The molecule has 1 heterocycles. The lowest BCUT2D eigenvalue weighted by Crippen LogP contribution is -2.48. The molecule has 7 heteroatoms. The van der Waals surface area contributed by atoms with Crippen LogP contribution >= 0.6 is 12.4 Å². The molecule has 0 bridgehead atoms. The third-order valence-electron chi connectivity index (χ3n) is 3.95. The maximum Gasteiger partial charge on any atom is 0.252 e. The van der Waals surface area contributed by atoms with Gasteiger partial charge in [0.15, 0.2) is 9.84 Å². The summed E-state index contributed by atoms with van der Waals surface area (Å²) in [6.07, 6.45) is 0.857. The molecule has 0 radical (unpaired) electrons. The van der Waals surface area contributed by atoms with Gasteiger partial charge in [-0.25, -0.2) is 8.42 Å². The van der Waals surface area contributed by atoms with Gasteiger partial charge in [0.05, 0.1) is 16.2 Å². The monoisotopic (exact) mass is 346 g/mol. The highest BCUT2D eigenvalue weighted by Gasteiger charge is 2.26. The molecule has 1 aromatic rings. The maximum atomic E-state index is 12.4. The molecule has 0 aromatic heterocycles. The number of carbonyl (C=O) groups is 1.